The Morgan fingerprint density at radius 1 is 1.38 bits per heavy atom. The molecular formula is C12H11BrFNO. The number of nitrogens with one attached hydrogen (secondary N) is 1. The van der Waals surface area contributed by atoms with Crippen LogP contribution in [0.1, 0.15) is 18.5 Å². The van der Waals surface area contributed by atoms with Crippen LogP contribution in [0, 0.1) is 5.82 Å². The molecule has 1 atom stereocenters. The minimum Gasteiger partial charge on any atom is -0.472 e. The summed E-state index contributed by atoms with van der Waals surface area (Å²) in [6.07, 6.45) is 3.25. The van der Waals surface area contributed by atoms with Gasteiger partial charge in [-0.05, 0) is 31.2 Å². The predicted octanol–water partition coefficient (Wildman–Crippen LogP) is 4.35. The van der Waals surface area contributed by atoms with E-state index in [1.807, 2.05) is 13.0 Å². The summed E-state index contributed by atoms with van der Waals surface area (Å²) in [6, 6.07) is 6.80. The van der Waals surface area contributed by atoms with Gasteiger partial charge in [0.05, 0.1) is 24.3 Å². The number of hydrogen-bond acceptors (Lipinski definition) is 2. The zero-order valence-corrected chi connectivity index (χ0v) is 10.3. The number of anilines is 1. The Labute approximate surface area is 102 Å². The smallest absolute Gasteiger partial charge is 0.147 e. The maximum Gasteiger partial charge on any atom is 0.147 e. The van der Waals surface area contributed by atoms with Gasteiger partial charge >= 0.3 is 0 Å². The second kappa shape index (κ2) is 4.70. The summed E-state index contributed by atoms with van der Waals surface area (Å²) in [5.41, 5.74) is 1.47. The van der Waals surface area contributed by atoms with E-state index in [2.05, 4.69) is 21.2 Å². The van der Waals surface area contributed by atoms with Gasteiger partial charge in [0, 0.05) is 10.0 Å². The van der Waals surface area contributed by atoms with Crippen molar-refractivity contribution in [3.8, 4) is 0 Å². The van der Waals surface area contributed by atoms with Crippen LogP contribution in [-0.2, 0) is 0 Å². The number of benzene rings is 1. The van der Waals surface area contributed by atoms with E-state index in [9.17, 15) is 4.39 Å². The zero-order chi connectivity index (χ0) is 11.5. The Kier molecular flexibility index (Phi) is 3.29. The third-order valence-electron chi connectivity index (χ3n) is 2.35. The van der Waals surface area contributed by atoms with Gasteiger partial charge in [0.15, 0.2) is 0 Å². The highest BCUT2D eigenvalue weighted by Crippen LogP contribution is 2.24. The average Bonchev–Trinajstić information content (AvgIpc) is 2.75. The molecule has 0 aliphatic carbocycles. The summed E-state index contributed by atoms with van der Waals surface area (Å²) in [5.74, 6) is -0.273. The Morgan fingerprint density at radius 2 is 2.19 bits per heavy atom. The molecule has 1 unspecified atom stereocenters. The molecule has 1 heterocycles. The topological polar surface area (TPSA) is 25.2 Å². The maximum atomic E-state index is 13.5. The molecule has 0 fully saturated rings. The molecule has 0 bridgehead atoms. The van der Waals surface area contributed by atoms with Crippen molar-refractivity contribution < 1.29 is 8.81 Å². The fourth-order valence-corrected chi connectivity index (χ4v) is 1.78. The van der Waals surface area contributed by atoms with Crippen LogP contribution in [-0.4, -0.2) is 0 Å². The molecule has 0 saturated carbocycles. The minimum absolute atomic E-state index is 0.00873. The van der Waals surface area contributed by atoms with E-state index in [1.54, 1.807) is 24.7 Å². The van der Waals surface area contributed by atoms with Gasteiger partial charge in [-0.3, -0.25) is 0 Å². The molecule has 84 valence electrons. The van der Waals surface area contributed by atoms with E-state index in [0.29, 0.717) is 5.69 Å². The summed E-state index contributed by atoms with van der Waals surface area (Å²) >= 11 is 3.22. The lowest BCUT2D eigenvalue weighted by molar-refractivity contribution is 0.562. The molecule has 0 spiro atoms. The van der Waals surface area contributed by atoms with Crippen LogP contribution < -0.4 is 5.32 Å². The van der Waals surface area contributed by atoms with Crippen molar-refractivity contribution in [2.24, 2.45) is 0 Å². The minimum atomic E-state index is -0.273. The normalized spacial score (nSPS) is 12.4. The van der Waals surface area contributed by atoms with Crippen LogP contribution in [0.15, 0.2) is 45.7 Å². The molecule has 0 aliphatic rings. The number of hydrogen-bond donors (Lipinski definition) is 1. The fourth-order valence-electron chi connectivity index (χ4n) is 1.44. The zero-order valence-electron chi connectivity index (χ0n) is 8.71. The first-order chi connectivity index (χ1) is 7.66. The summed E-state index contributed by atoms with van der Waals surface area (Å²) in [7, 11) is 0. The molecular weight excluding hydrogens is 273 g/mol. The largest absolute Gasteiger partial charge is 0.472 e. The molecule has 1 N–H and O–H groups in total. The predicted molar refractivity (Wildman–Crippen MR) is 64.8 cm³/mol. The van der Waals surface area contributed by atoms with Crippen LogP contribution >= 0.6 is 15.9 Å². The van der Waals surface area contributed by atoms with Gasteiger partial charge < -0.3 is 9.73 Å². The number of rotatable bonds is 3. The van der Waals surface area contributed by atoms with Crippen LogP contribution in [0.4, 0.5) is 10.1 Å². The Morgan fingerprint density at radius 3 is 2.81 bits per heavy atom. The van der Waals surface area contributed by atoms with Gasteiger partial charge in [-0.1, -0.05) is 15.9 Å². The molecule has 16 heavy (non-hydrogen) atoms. The Hall–Kier alpha value is -1.29. The third kappa shape index (κ3) is 2.44. The summed E-state index contributed by atoms with van der Waals surface area (Å²) in [6.45, 7) is 1.95. The van der Waals surface area contributed by atoms with Gasteiger partial charge in [0.2, 0.25) is 0 Å². The van der Waals surface area contributed by atoms with Gasteiger partial charge in [-0.15, -0.1) is 0 Å². The average molecular weight is 284 g/mol. The van der Waals surface area contributed by atoms with E-state index < -0.39 is 0 Å². The van der Waals surface area contributed by atoms with E-state index in [0.717, 1.165) is 10.0 Å². The molecule has 4 heteroatoms. The highest BCUT2D eigenvalue weighted by atomic mass is 79.9. The first-order valence-electron chi connectivity index (χ1n) is 4.90. The highest BCUT2D eigenvalue weighted by Gasteiger charge is 2.09. The van der Waals surface area contributed by atoms with Crippen molar-refractivity contribution in [2.45, 2.75) is 13.0 Å². The van der Waals surface area contributed by atoms with Crippen LogP contribution in [0.3, 0.4) is 0 Å². The molecule has 0 amide bonds. The van der Waals surface area contributed by atoms with Crippen molar-refractivity contribution in [3.63, 3.8) is 0 Å². The van der Waals surface area contributed by atoms with E-state index in [-0.39, 0.29) is 11.9 Å². The van der Waals surface area contributed by atoms with Crippen molar-refractivity contribution in [1.82, 2.24) is 0 Å². The molecule has 0 aliphatic heterocycles. The van der Waals surface area contributed by atoms with Gasteiger partial charge in [-0.25, -0.2) is 4.39 Å². The Bertz CT molecular complexity index is 470. The number of furan rings is 1. The number of halogens is 2. The quantitative estimate of drug-likeness (QED) is 0.906. The van der Waals surface area contributed by atoms with Crippen LogP contribution in [0.5, 0.6) is 0 Å². The second-order valence-electron chi connectivity index (χ2n) is 3.55. The maximum absolute atomic E-state index is 13.5. The Balaban J connectivity index is 2.15. The lowest BCUT2D eigenvalue weighted by Gasteiger charge is -2.14. The molecule has 0 saturated heterocycles. The molecule has 2 aromatic rings. The standard InChI is InChI=1S/C12H11BrFNO/c1-8(9-4-5-16-7-9)15-12-3-2-10(13)6-11(12)14/h2-8,15H,1H3. The van der Waals surface area contributed by atoms with E-state index in [1.165, 1.54) is 6.07 Å². The SMILES string of the molecule is CC(Nc1ccc(Br)cc1F)c1ccoc1. The highest BCUT2D eigenvalue weighted by molar-refractivity contribution is 9.10. The first kappa shape index (κ1) is 11.2. The molecule has 2 rings (SSSR count). The fraction of sp³-hybridized carbons (Fsp3) is 0.167. The summed E-state index contributed by atoms with van der Waals surface area (Å²) in [5, 5.41) is 3.08. The molecule has 1 aromatic carbocycles. The van der Waals surface area contributed by atoms with Crippen LogP contribution in [0.2, 0.25) is 0 Å². The van der Waals surface area contributed by atoms with Crippen molar-refractivity contribution in [1.29, 1.82) is 0 Å². The molecule has 2 nitrogen and oxygen atoms in total. The van der Waals surface area contributed by atoms with E-state index in [4.69, 9.17) is 4.42 Å². The van der Waals surface area contributed by atoms with Crippen molar-refractivity contribution in [3.05, 3.63) is 52.6 Å². The third-order valence-corrected chi connectivity index (χ3v) is 2.84. The lowest BCUT2D eigenvalue weighted by atomic mass is 10.1. The lowest BCUT2D eigenvalue weighted by Crippen LogP contribution is -2.06. The molecule has 0 radical (unpaired) electrons. The monoisotopic (exact) mass is 283 g/mol. The second-order valence-corrected chi connectivity index (χ2v) is 4.46. The molecule has 1 aromatic heterocycles. The van der Waals surface area contributed by atoms with Gasteiger partial charge in [-0.2, -0.15) is 0 Å². The van der Waals surface area contributed by atoms with E-state index >= 15 is 0 Å². The van der Waals surface area contributed by atoms with Crippen molar-refractivity contribution >= 4 is 21.6 Å². The first-order valence-corrected chi connectivity index (χ1v) is 5.70. The summed E-state index contributed by atoms with van der Waals surface area (Å²) < 4.78 is 19.2. The van der Waals surface area contributed by atoms with Gasteiger partial charge in [0.1, 0.15) is 5.82 Å². The van der Waals surface area contributed by atoms with Gasteiger partial charge in [0.25, 0.3) is 0 Å². The summed E-state index contributed by atoms with van der Waals surface area (Å²) in [4.78, 5) is 0. The van der Waals surface area contributed by atoms with Crippen LogP contribution in [0.25, 0.3) is 0 Å². The van der Waals surface area contributed by atoms with Crippen molar-refractivity contribution in [2.75, 3.05) is 5.32 Å².